The van der Waals surface area contributed by atoms with Gasteiger partial charge in [0, 0.05) is 38.3 Å². The zero-order chi connectivity index (χ0) is 36.4. The van der Waals surface area contributed by atoms with E-state index >= 15 is 0 Å². The Bertz CT molecular complexity index is 1780. The van der Waals surface area contributed by atoms with Gasteiger partial charge in [0.25, 0.3) is 0 Å². The maximum absolute atomic E-state index is 14.6. The average molecular weight is 692 g/mol. The first kappa shape index (κ1) is 36.6. The van der Waals surface area contributed by atoms with Crippen LogP contribution in [0.4, 0.5) is 0 Å². The fourth-order valence-electron chi connectivity index (χ4n) is 6.96. The summed E-state index contributed by atoms with van der Waals surface area (Å²) < 4.78 is 11.8. The van der Waals surface area contributed by atoms with Gasteiger partial charge in [-0.2, -0.15) is 0 Å². The highest BCUT2D eigenvalue weighted by Crippen LogP contribution is 2.57. The van der Waals surface area contributed by atoms with Crippen LogP contribution in [-0.2, 0) is 27.5 Å². The molecule has 1 aliphatic carbocycles. The number of para-hydroxylation sites is 2. The van der Waals surface area contributed by atoms with E-state index in [9.17, 15) is 24.7 Å². The van der Waals surface area contributed by atoms with E-state index in [1.165, 1.54) is 0 Å². The van der Waals surface area contributed by atoms with Crippen LogP contribution < -0.4 is 9.47 Å². The van der Waals surface area contributed by atoms with Gasteiger partial charge in [-0.1, -0.05) is 74.5 Å². The number of nitrogens with zero attached hydrogens (tertiary/aromatic N) is 3. The van der Waals surface area contributed by atoms with Crippen molar-refractivity contribution in [1.29, 1.82) is 0 Å². The minimum absolute atomic E-state index is 0.222. The number of ether oxygens (including phenoxy) is 2. The molecular weight excluding hydrogens is 646 g/mol. The summed E-state index contributed by atoms with van der Waals surface area (Å²) >= 11 is 0. The molecule has 1 fully saturated rings. The topological polar surface area (TPSA) is 129 Å². The van der Waals surface area contributed by atoms with E-state index in [2.05, 4.69) is 5.16 Å². The molecule has 0 saturated heterocycles. The summed E-state index contributed by atoms with van der Waals surface area (Å²) in [6.45, 7) is 6.73. The Morgan fingerprint density at radius 3 is 1.57 bits per heavy atom. The lowest BCUT2D eigenvalue weighted by Crippen LogP contribution is -2.69. The second-order valence-corrected chi connectivity index (χ2v) is 13.0. The quantitative estimate of drug-likeness (QED) is 0.0695. The number of amides is 2. The summed E-state index contributed by atoms with van der Waals surface area (Å²) in [6.07, 6.45) is 2.36. The Kier molecular flexibility index (Phi) is 12.1. The van der Waals surface area contributed by atoms with Crippen molar-refractivity contribution in [3.63, 3.8) is 0 Å². The predicted molar refractivity (Wildman–Crippen MR) is 194 cm³/mol. The molecule has 0 aromatic heterocycles. The van der Waals surface area contributed by atoms with Crippen molar-refractivity contribution in [2.24, 2.45) is 28.3 Å². The van der Waals surface area contributed by atoms with Crippen molar-refractivity contribution in [2.75, 3.05) is 13.1 Å². The number of carboxylic acids is 1. The molecule has 0 aliphatic heterocycles. The van der Waals surface area contributed by atoms with Crippen LogP contribution in [0.3, 0.4) is 0 Å². The molecule has 0 heterocycles. The lowest BCUT2D eigenvalue weighted by Gasteiger charge is -2.56. The summed E-state index contributed by atoms with van der Waals surface area (Å²) in [5, 5.41) is 23.1. The van der Waals surface area contributed by atoms with E-state index in [0.29, 0.717) is 48.9 Å². The van der Waals surface area contributed by atoms with E-state index in [1.54, 1.807) is 16.7 Å². The molecule has 1 saturated carbocycles. The molecule has 4 unspecified atom stereocenters. The molecule has 266 valence electrons. The molecule has 0 spiro atoms. The second kappa shape index (κ2) is 16.8. The second-order valence-electron chi connectivity index (χ2n) is 13.0. The molecule has 4 atom stereocenters. The number of benzene rings is 4. The summed E-state index contributed by atoms with van der Waals surface area (Å²) in [5.74, 6) is -2.75. The molecule has 10 heteroatoms. The SMILES string of the molecule is CCCN(Cc1ccc(Oc2ccccc2)cc1)C(=O)C1C(C(=O)O)C(C=NO)C1(C)C(=O)N(CCC)Cc1ccc(Oc2ccccc2)cc1. The van der Waals surface area contributed by atoms with E-state index in [-0.39, 0.29) is 19.0 Å². The third-order valence-corrected chi connectivity index (χ3v) is 9.46. The highest BCUT2D eigenvalue weighted by atomic mass is 16.5. The van der Waals surface area contributed by atoms with E-state index in [0.717, 1.165) is 17.3 Å². The summed E-state index contributed by atoms with van der Waals surface area (Å²) in [7, 11) is 0. The predicted octanol–water partition coefficient (Wildman–Crippen LogP) is 7.86. The zero-order valence-electron chi connectivity index (χ0n) is 29.2. The zero-order valence-corrected chi connectivity index (χ0v) is 29.2. The standard InChI is InChI=1S/C41H45N3O7/c1-4-24-43(27-29-16-20-33(21-17-29)50-31-12-8-6-9-13-31)38(45)37-36(39(46)47)35(26-42-49)41(37,3)40(48)44(25-5-2)28-30-18-22-34(23-19-30)51-32-14-10-7-11-15-32/h6-23,26,35-37,49H,4-5,24-25,27-28H2,1-3H3,(H,46,47). The molecule has 51 heavy (non-hydrogen) atoms. The Balaban J connectivity index is 1.38. The van der Waals surface area contributed by atoms with Crippen LogP contribution >= 0.6 is 0 Å². The molecule has 10 nitrogen and oxygen atoms in total. The van der Waals surface area contributed by atoms with Crippen LogP contribution in [0, 0.1) is 23.2 Å². The molecule has 4 aromatic carbocycles. The molecular formula is C41H45N3O7. The van der Waals surface area contributed by atoms with Gasteiger partial charge in [-0.15, -0.1) is 5.16 Å². The van der Waals surface area contributed by atoms with Crippen molar-refractivity contribution < 1.29 is 34.2 Å². The number of carbonyl (C=O) groups excluding carboxylic acids is 2. The molecule has 1 aliphatic rings. The first-order chi connectivity index (χ1) is 24.7. The van der Waals surface area contributed by atoms with Gasteiger partial charge in [-0.05, 0) is 79.4 Å². The fourth-order valence-corrected chi connectivity index (χ4v) is 6.96. The highest BCUT2D eigenvalue weighted by molar-refractivity contribution is 6.01. The van der Waals surface area contributed by atoms with E-state index in [4.69, 9.17) is 9.47 Å². The Labute approximate surface area is 298 Å². The summed E-state index contributed by atoms with van der Waals surface area (Å²) in [5.41, 5.74) is 0.201. The van der Waals surface area contributed by atoms with Gasteiger partial charge in [0.15, 0.2) is 0 Å². The van der Waals surface area contributed by atoms with Gasteiger partial charge < -0.3 is 29.6 Å². The minimum Gasteiger partial charge on any atom is -0.481 e. The maximum Gasteiger partial charge on any atom is 0.308 e. The Morgan fingerprint density at radius 1 is 0.706 bits per heavy atom. The van der Waals surface area contributed by atoms with Gasteiger partial charge in [0.1, 0.15) is 23.0 Å². The van der Waals surface area contributed by atoms with Crippen LogP contribution in [0.15, 0.2) is 114 Å². The van der Waals surface area contributed by atoms with Crippen LogP contribution in [0.25, 0.3) is 0 Å². The van der Waals surface area contributed by atoms with Crippen LogP contribution in [0.1, 0.15) is 44.7 Å². The molecule has 0 bridgehead atoms. The number of carboxylic acid groups (broad SMARTS) is 1. The van der Waals surface area contributed by atoms with Crippen molar-refractivity contribution in [3.05, 3.63) is 120 Å². The van der Waals surface area contributed by atoms with Crippen LogP contribution in [-0.4, -0.2) is 57.2 Å². The fraction of sp³-hybridized carbons (Fsp3) is 0.317. The number of carbonyl (C=O) groups is 3. The van der Waals surface area contributed by atoms with Gasteiger partial charge in [-0.25, -0.2) is 0 Å². The molecule has 5 rings (SSSR count). The number of hydrogen-bond donors (Lipinski definition) is 2. The molecule has 2 amide bonds. The highest BCUT2D eigenvalue weighted by Gasteiger charge is 2.69. The number of oxime groups is 1. The lowest BCUT2D eigenvalue weighted by atomic mass is 9.46. The van der Waals surface area contributed by atoms with Crippen molar-refractivity contribution in [3.8, 4) is 23.0 Å². The first-order valence-corrected chi connectivity index (χ1v) is 17.3. The van der Waals surface area contributed by atoms with Crippen molar-refractivity contribution in [2.45, 2.75) is 46.7 Å². The van der Waals surface area contributed by atoms with Crippen LogP contribution in [0.5, 0.6) is 23.0 Å². The minimum atomic E-state index is -1.47. The average Bonchev–Trinajstić information content (AvgIpc) is 3.14. The molecule has 2 N–H and O–H groups in total. The third-order valence-electron chi connectivity index (χ3n) is 9.46. The van der Waals surface area contributed by atoms with Crippen molar-refractivity contribution >= 4 is 24.0 Å². The number of aliphatic carboxylic acids is 1. The number of hydrogen-bond acceptors (Lipinski definition) is 7. The largest absolute Gasteiger partial charge is 0.481 e. The Morgan fingerprint density at radius 2 is 1.14 bits per heavy atom. The van der Waals surface area contributed by atoms with Gasteiger partial charge in [0.2, 0.25) is 11.8 Å². The van der Waals surface area contributed by atoms with Crippen LogP contribution in [0.2, 0.25) is 0 Å². The monoisotopic (exact) mass is 691 g/mol. The third kappa shape index (κ3) is 8.40. The maximum atomic E-state index is 14.6. The summed E-state index contributed by atoms with van der Waals surface area (Å²) in [4.78, 5) is 45.1. The van der Waals surface area contributed by atoms with Gasteiger partial charge in [-0.3, -0.25) is 14.4 Å². The lowest BCUT2D eigenvalue weighted by molar-refractivity contribution is -0.188. The smallest absolute Gasteiger partial charge is 0.308 e. The van der Waals surface area contributed by atoms with E-state index < -0.39 is 35.0 Å². The Hall–Kier alpha value is -5.64. The van der Waals surface area contributed by atoms with Gasteiger partial charge >= 0.3 is 5.97 Å². The molecule has 0 radical (unpaired) electrons. The van der Waals surface area contributed by atoms with Crippen molar-refractivity contribution in [1.82, 2.24) is 9.80 Å². The summed E-state index contributed by atoms with van der Waals surface area (Å²) in [6, 6.07) is 33.6. The normalized spacial score (nSPS) is 19.5. The first-order valence-electron chi connectivity index (χ1n) is 17.3. The number of rotatable bonds is 16. The van der Waals surface area contributed by atoms with Gasteiger partial charge in [0.05, 0.1) is 17.3 Å². The van der Waals surface area contributed by atoms with E-state index in [1.807, 2.05) is 123 Å². The molecule has 4 aromatic rings.